The first-order valence-electron chi connectivity index (χ1n) is 17.1. The Labute approximate surface area is 267 Å². The standard InChI is InChI=1S/C32H55N4O8P/c1-3-4-5-6-7-8-9-10-11-12-13-14-15-16-21-41-22-17-18-23-42-45(39,40)44-28-27-32(28,38)30(37)31(2,43-27)26-20-19-25-29(33)34-24-35-36(25)26/h19-20,24,27-28,30,37-38H,3-18,21-23H2,1-2H3,(H,39,40)(H2,33,34,35)/t27-,28?,30+,31+,32+/m1/s1. The van der Waals surface area contributed by atoms with Gasteiger partial charge in [-0.1, -0.05) is 90.4 Å². The summed E-state index contributed by atoms with van der Waals surface area (Å²) in [6.07, 6.45) is 17.3. The molecule has 1 saturated carbocycles. The number of anilines is 1. The fourth-order valence-corrected chi connectivity index (χ4v) is 7.38. The lowest BCUT2D eigenvalue weighted by atomic mass is 9.91. The number of aliphatic hydroxyl groups is 2. The lowest BCUT2D eigenvalue weighted by Gasteiger charge is -2.32. The predicted octanol–water partition coefficient (Wildman–Crippen LogP) is 5.81. The predicted molar refractivity (Wildman–Crippen MR) is 172 cm³/mol. The molecule has 0 aromatic carbocycles. The van der Waals surface area contributed by atoms with Crippen molar-refractivity contribution in [2.75, 3.05) is 25.6 Å². The van der Waals surface area contributed by atoms with Crippen LogP contribution in [0.5, 0.6) is 0 Å². The van der Waals surface area contributed by atoms with E-state index < -0.39 is 37.3 Å². The molecule has 13 heteroatoms. The molecule has 2 aromatic heterocycles. The highest BCUT2D eigenvalue weighted by molar-refractivity contribution is 7.47. The number of phosphoric acid groups is 1. The minimum absolute atomic E-state index is 0.00417. The molecule has 4 rings (SSSR count). The van der Waals surface area contributed by atoms with Crippen molar-refractivity contribution in [3.05, 3.63) is 24.2 Å². The molecule has 0 amide bonds. The van der Waals surface area contributed by atoms with Crippen LogP contribution in [0, 0.1) is 0 Å². The number of aromatic nitrogens is 3. The maximum atomic E-state index is 12.5. The minimum Gasteiger partial charge on any atom is -0.386 e. The Morgan fingerprint density at radius 2 is 1.49 bits per heavy atom. The molecule has 1 saturated heterocycles. The molecule has 6 atom stereocenters. The number of phosphoric ester groups is 1. The summed E-state index contributed by atoms with van der Waals surface area (Å²) in [5, 5.41) is 26.3. The van der Waals surface area contributed by atoms with Crippen LogP contribution in [0.2, 0.25) is 0 Å². The maximum absolute atomic E-state index is 12.5. The molecule has 45 heavy (non-hydrogen) atoms. The SMILES string of the molecule is CCCCCCCCCCCCCCCCOCCCCOP(=O)(O)OC1[C@H]2O[C@@](C)(c3ccc4c(N)ncnn34)[C@H](O)[C@@]12O. The van der Waals surface area contributed by atoms with Crippen molar-refractivity contribution >= 4 is 19.2 Å². The number of aliphatic hydroxyl groups excluding tert-OH is 1. The maximum Gasteiger partial charge on any atom is 0.472 e. The molecular formula is C32H55N4O8P. The van der Waals surface area contributed by atoms with Gasteiger partial charge in [-0.3, -0.25) is 9.05 Å². The van der Waals surface area contributed by atoms with E-state index in [4.69, 9.17) is 24.3 Å². The van der Waals surface area contributed by atoms with Crippen molar-refractivity contribution in [1.29, 1.82) is 0 Å². The van der Waals surface area contributed by atoms with Crippen LogP contribution < -0.4 is 5.73 Å². The molecule has 0 bridgehead atoms. The first-order chi connectivity index (χ1) is 21.6. The molecule has 1 aliphatic heterocycles. The molecule has 2 aromatic rings. The molecule has 0 radical (unpaired) electrons. The number of fused-ring (bicyclic) bond motifs is 2. The summed E-state index contributed by atoms with van der Waals surface area (Å²) >= 11 is 0. The third kappa shape index (κ3) is 9.26. The zero-order valence-electron chi connectivity index (χ0n) is 27.1. The summed E-state index contributed by atoms with van der Waals surface area (Å²) in [6.45, 7) is 5.16. The van der Waals surface area contributed by atoms with Crippen LogP contribution in [-0.2, 0) is 28.7 Å². The summed E-state index contributed by atoms with van der Waals surface area (Å²) in [6, 6.07) is 3.37. The third-order valence-corrected chi connectivity index (χ3v) is 10.2. The van der Waals surface area contributed by atoms with Crippen molar-refractivity contribution in [3.8, 4) is 0 Å². The quantitative estimate of drug-likeness (QED) is 0.0795. The van der Waals surface area contributed by atoms with Gasteiger partial charge in [0.2, 0.25) is 0 Å². The topological polar surface area (TPSA) is 171 Å². The van der Waals surface area contributed by atoms with E-state index in [-0.39, 0.29) is 12.4 Å². The van der Waals surface area contributed by atoms with Crippen molar-refractivity contribution in [3.63, 3.8) is 0 Å². The second kappa shape index (κ2) is 17.0. The van der Waals surface area contributed by atoms with E-state index in [0.29, 0.717) is 30.7 Å². The Morgan fingerprint density at radius 1 is 0.933 bits per heavy atom. The molecule has 0 spiro atoms. The van der Waals surface area contributed by atoms with Crippen molar-refractivity contribution in [2.24, 2.45) is 0 Å². The summed E-state index contributed by atoms with van der Waals surface area (Å²) in [5.41, 5.74) is 3.65. The Kier molecular flexibility index (Phi) is 13.7. The number of rotatable bonds is 24. The summed E-state index contributed by atoms with van der Waals surface area (Å²) in [7, 11) is -4.48. The first-order valence-corrected chi connectivity index (χ1v) is 18.5. The average molecular weight is 655 g/mol. The molecule has 2 aliphatic rings. The van der Waals surface area contributed by atoms with Gasteiger partial charge in [0.1, 0.15) is 35.8 Å². The van der Waals surface area contributed by atoms with Crippen molar-refractivity contribution in [2.45, 2.75) is 146 Å². The van der Waals surface area contributed by atoms with Gasteiger partial charge in [-0.25, -0.2) is 14.1 Å². The Balaban J connectivity index is 1.00. The molecule has 3 heterocycles. The fraction of sp³-hybridized carbons (Fsp3) is 0.812. The average Bonchev–Trinajstić information content (AvgIpc) is 3.28. The minimum atomic E-state index is -4.48. The van der Waals surface area contributed by atoms with Gasteiger partial charge >= 0.3 is 7.82 Å². The number of nitrogen functional groups attached to an aromatic ring is 1. The largest absolute Gasteiger partial charge is 0.472 e. The molecule has 2 fully saturated rings. The monoisotopic (exact) mass is 654 g/mol. The number of nitrogens with two attached hydrogens (primary N) is 1. The van der Waals surface area contributed by atoms with E-state index in [2.05, 4.69) is 17.0 Å². The number of hydrogen-bond acceptors (Lipinski definition) is 10. The highest BCUT2D eigenvalue weighted by atomic mass is 31.2. The smallest absolute Gasteiger partial charge is 0.386 e. The van der Waals surface area contributed by atoms with E-state index in [0.717, 1.165) is 13.0 Å². The Hall–Kier alpha value is -1.63. The lowest BCUT2D eigenvalue weighted by Crippen LogP contribution is -2.46. The van der Waals surface area contributed by atoms with Gasteiger partial charge in [0.15, 0.2) is 11.4 Å². The molecule has 5 N–H and O–H groups in total. The molecule has 256 valence electrons. The first kappa shape index (κ1) is 36.2. The lowest BCUT2D eigenvalue weighted by molar-refractivity contribution is -0.126. The van der Waals surface area contributed by atoms with Gasteiger partial charge < -0.3 is 30.3 Å². The number of hydrogen-bond donors (Lipinski definition) is 4. The summed E-state index contributed by atoms with van der Waals surface area (Å²) in [5.74, 6) is 0.257. The van der Waals surface area contributed by atoms with E-state index in [1.807, 2.05) is 0 Å². The Bertz CT molecular complexity index is 1230. The second-order valence-corrected chi connectivity index (χ2v) is 14.2. The summed E-state index contributed by atoms with van der Waals surface area (Å²) < 4.78 is 36.0. The van der Waals surface area contributed by atoms with Gasteiger partial charge in [-0.2, -0.15) is 5.10 Å². The van der Waals surface area contributed by atoms with Gasteiger partial charge in [0.05, 0.1) is 12.3 Å². The zero-order chi connectivity index (χ0) is 32.3. The normalized spacial score (nSPS) is 27.2. The number of ether oxygens (including phenoxy) is 2. The van der Waals surface area contributed by atoms with Gasteiger partial charge in [0.25, 0.3) is 0 Å². The van der Waals surface area contributed by atoms with Gasteiger partial charge in [0, 0.05) is 13.2 Å². The van der Waals surface area contributed by atoms with E-state index >= 15 is 0 Å². The van der Waals surface area contributed by atoms with Crippen molar-refractivity contribution < 1.29 is 38.2 Å². The Morgan fingerprint density at radius 3 is 2.07 bits per heavy atom. The highest BCUT2D eigenvalue weighted by Crippen LogP contribution is 2.63. The van der Waals surface area contributed by atoms with Crippen LogP contribution in [0.15, 0.2) is 18.5 Å². The van der Waals surface area contributed by atoms with Gasteiger partial charge in [-0.15, -0.1) is 0 Å². The van der Waals surface area contributed by atoms with Crippen LogP contribution >= 0.6 is 7.82 Å². The summed E-state index contributed by atoms with van der Waals surface area (Å²) in [4.78, 5) is 14.2. The highest BCUT2D eigenvalue weighted by Gasteiger charge is 2.82. The molecule has 1 aliphatic carbocycles. The molecule has 12 nitrogen and oxygen atoms in total. The molecular weight excluding hydrogens is 599 g/mol. The van der Waals surface area contributed by atoms with Crippen LogP contribution in [0.25, 0.3) is 5.52 Å². The van der Waals surface area contributed by atoms with E-state index in [9.17, 15) is 19.7 Å². The second-order valence-electron chi connectivity index (χ2n) is 12.8. The number of nitrogens with zero attached hydrogens (tertiary/aromatic N) is 3. The van der Waals surface area contributed by atoms with Crippen LogP contribution in [0.3, 0.4) is 0 Å². The van der Waals surface area contributed by atoms with E-state index in [1.54, 1.807) is 19.1 Å². The van der Waals surface area contributed by atoms with Crippen LogP contribution in [-0.4, -0.2) is 73.4 Å². The molecule has 2 unspecified atom stereocenters. The third-order valence-electron chi connectivity index (χ3n) is 9.23. The number of unbranched alkanes of at least 4 members (excludes halogenated alkanes) is 14. The van der Waals surface area contributed by atoms with E-state index in [1.165, 1.54) is 94.3 Å². The van der Waals surface area contributed by atoms with Crippen LogP contribution in [0.1, 0.15) is 122 Å². The van der Waals surface area contributed by atoms with Crippen LogP contribution in [0.4, 0.5) is 5.82 Å². The zero-order valence-corrected chi connectivity index (χ0v) is 28.0. The fourth-order valence-electron chi connectivity index (χ4n) is 6.40. The van der Waals surface area contributed by atoms with Crippen molar-refractivity contribution in [1.82, 2.24) is 14.6 Å². The van der Waals surface area contributed by atoms with Gasteiger partial charge in [-0.05, 0) is 38.3 Å².